The summed E-state index contributed by atoms with van der Waals surface area (Å²) in [7, 11) is -2.03. The summed E-state index contributed by atoms with van der Waals surface area (Å²) in [6, 6.07) is 13.9. The quantitative estimate of drug-likeness (QED) is 0.764. The Labute approximate surface area is 162 Å². The average molecular weight is 389 g/mol. The van der Waals surface area contributed by atoms with E-state index < -0.39 is 10.0 Å². The summed E-state index contributed by atoms with van der Waals surface area (Å²) < 4.78 is 33.2. The highest BCUT2D eigenvalue weighted by atomic mass is 32.2. The van der Waals surface area contributed by atoms with Crippen molar-refractivity contribution in [2.75, 3.05) is 39.8 Å². The zero-order valence-corrected chi connectivity index (χ0v) is 17.1. The van der Waals surface area contributed by atoms with Crippen LogP contribution in [0.3, 0.4) is 0 Å². The second kappa shape index (κ2) is 8.42. The molecule has 146 valence electrons. The van der Waals surface area contributed by atoms with Crippen molar-refractivity contribution in [3.05, 3.63) is 59.2 Å². The van der Waals surface area contributed by atoms with Gasteiger partial charge >= 0.3 is 0 Å². The van der Waals surface area contributed by atoms with Crippen molar-refractivity contribution in [1.29, 1.82) is 0 Å². The normalized spacial score (nSPS) is 16.4. The van der Waals surface area contributed by atoms with E-state index in [9.17, 15) is 8.42 Å². The smallest absolute Gasteiger partial charge is 0.246 e. The molecule has 0 N–H and O–H groups in total. The third kappa shape index (κ3) is 4.51. The summed E-state index contributed by atoms with van der Waals surface area (Å²) in [5, 5.41) is 0. The van der Waals surface area contributed by atoms with Crippen LogP contribution in [0.4, 0.5) is 0 Å². The van der Waals surface area contributed by atoms with E-state index >= 15 is 0 Å². The predicted octanol–water partition coefficient (Wildman–Crippen LogP) is 2.86. The molecular weight excluding hydrogens is 360 g/mol. The molecule has 1 aliphatic rings. The fourth-order valence-electron chi connectivity index (χ4n) is 3.39. The van der Waals surface area contributed by atoms with Crippen molar-refractivity contribution in [3.63, 3.8) is 0 Å². The Hall–Kier alpha value is -1.89. The number of methoxy groups -OCH3 is 1. The summed E-state index contributed by atoms with van der Waals surface area (Å²) in [4.78, 5) is 2.60. The molecule has 2 aromatic carbocycles. The van der Waals surface area contributed by atoms with Gasteiger partial charge in [-0.05, 0) is 49.1 Å². The molecule has 2 aromatic rings. The number of piperazine rings is 1. The van der Waals surface area contributed by atoms with Gasteiger partial charge in [0.05, 0.1) is 7.11 Å². The van der Waals surface area contributed by atoms with Crippen LogP contribution in [0.15, 0.2) is 47.4 Å². The van der Waals surface area contributed by atoms with Gasteiger partial charge in [-0.15, -0.1) is 0 Å². The third-order valence-electron chi connectivity index (χ3n) is 5.29. The van der Waals surface area contributed by atoms with Crippen LogP contribution in [-0.4, -0.2) is 57.5 Å². The Kier molecular flexibility index (Phi) is 6.19. The van der Waals surface area contributed by atoms with Crippen molar-refractivity contribution in [3.8, 4) is 5.75 Å². The van der Waals surface area contributed by atoms with Gasteiger partial charge in [0.2, 0.25) is 10.0 Å². The van der Waals surface area contributed by atoms with E-state index in [1.807, 2.05) is 19.9 Å². The largest absolute Gasteiger partial charge is 0.495 e. The van der Waals surface area contributed by atoms with Crippen molar-refractivity contribution in [2.45, 2.75) is 25.2 Å². The number of sulfonamides is 1. The molecule has 6 heteroatoms. The molecule has 27 heavy (non-hydrogen) atoms. The number of rotatable bonds is 6. The summed E-state index contributed by atoms with van der Waals surface area (Å²) >= 11 is 0. The third-order valence-corrected chi connectivity index (χ3v) is 7.21. The zero-order valence-electron chi connectivity index (χ0n) is 16.3. The first-order valence-electron chi connectivity index (χ1n) is 9.33. The van der Waals surface area contributed by atoms with Gasteiger partial charge < -0.3 is 9.64 Å². The number of nitrogens with zero attached hydrogens (tertiary/aromatic N) is 2. The van der Waals surface area contributed by atoms with Crippen LogP contribution in [0, 0.1) is 13.8 Å². The lowest BCUT2D eigenvalue weighted by Gasteiger charge is -2.34. The van der Waals surface area contributed by atoms with Gasteiger partial charge in [0, 0.05) is 32.7 Å². The van der Waals surface area contributed by atoms with Gasteiger partial charge in [0.15, 0.2) is 0 Å². The number of benzene rings is 2. The monoisotopic (exact) mass is 388 g/mol. The van der Waals surface area contributed by atoms with E-state index in [0.29, 0.717) is 18.8 Å². The van der Waals surface area contributed by atoms with E-state index in [2.05, 4.69) is 29.2 Å². The molecule has 1 aliphatic heterocycles. The van der Waals surface area contributed by atoms with Crippen LogP contribution in [0.25, 0.3) is 0 Å². The molecule has 0 amide bonds. The van der Waals surface area contributed by atoms with Crippen molar-refractivity contribution in [2.24, 2.45) is 0 Å². The van der Waals surface area contributed by atoms with E-state index in [4.69, 9.17) is 4.74 Å². The molecule has 1 fully saturated rings. The van der Waals surface area contributed by atoms with Gasteiger partial charge in [-0.3, -0.25) is 0 Å². The predicted molar refractivity (Wildman–Crippen MR) is 108 cm³/mol. The Morgan fingerprint density at radius 2 is 1.59 bits per heavy atom. The fraction of sp³-hybridized carbons (Fsp3) is 0.429. The Morgan fingerprint density at radius 3 is 2.22 bits per heavy atom. The first kappa shape index (κ1) is 19.9. The molecule has 0 saturated carbocycles. The molecule has 0 radical (unpaired) electrons. The van der Waals surface area contributed by atoms with Gasteiger partial charge in [-0.2, -0.15) is 4.31 Å². The lowest BCUT2D eigenvalue weighted by Crippen LogP contribution is -2.49. The standard InChI is InChI=1S/C21H28N2O3S/c1-17-15-20(26-3)21(16-18(17)2)27(24,25)23-13-11-22(12-14-23)10-9-19-7-5-4-6-8-19/h4-8,15-16H,9-14H2,1-3H3. The highest BCUT2D eigenvalue weighted by molar-refractivity contribution is 7.89. The molecule has 0 spiro atoms. The first-order valence-corrected chi connectivity index (χ1v) is 10.8. The Balaban J connectivity index is 1.66. The fourth-order valence-corrected chi connectivity index (χ4v) is 5.03. The van der Waals surface area contributed by atoms with Gasteiger partial charge in [-0.25, -0.2) is 8.42 Å². The summed E-state index contributed by atoms with van der Waals surface area (Å²) in [6.45, 7) is 7.35. The second-order valence-corrected chi connectivity index (χ2v) is 8.98. The van der Waals surface area contributed by atoms with E-state index in [0.717, 1.165) is 37.2 Å². The lowest BCUT2D eigenvalue weighted by atomic mass is 10.1. The number of aryl methyl sites for hydroxylation is 2. The molecule has 3 rings (SSSR count). The highest BCUT2D eigenvalue weighted by Gasteiger charge is 2.31. The number of ether oxygens (including phenoxy) is 1. The summed E-state index contributed by atoms with van der Waals surface area (Å²) in [5.74, 6) is 0.421. The topological polar surface area (TPSA) is 49.9 Å². The molecule has 1 saturated heterocycles. The molecule has 0 atom stereocenters. The molecule has 0 aromatic heterocycles. The molecule has 1 heterocycles. The van der Waals surface area contributed by atoms with E-state index in [1.165, 1.54) is 12.7 Å². The highest BCUT2D eigenvalue weighted by Crippen LogP contribution is 2.30. The Morgan fingerprint density at radius 1 is 0.963 bits per heavy atom. The molecule has 0 unspecified atom stereocenters. The molecular formula is C21H28N2O3S. The van der Waals surface area contributed by atoms with Crippen LogP contribution >= 0.6 is 0 Å². The van der Waals surface area contributed by atoms with Crippen LogP contribution in [0.2, 0.25) is 0 Å². The minimum absolute atomic E-state index is 0.269. The van der Waals surface area contributed by atoms with E-state index in [-0.39, 0.29) is 4.90 Å². The van der Waals surface area contributed by atoms with Crippen LogP contribution < -0.4 is 4.74 Å². The number of hydrogen-bond acceptors (Lipinski definition) is 4. The lowest BCUT2D eigenvalue weighted by molar-refractivity contribution is 0.190. The maximum atomic E-state index is 13.1. The summed E-state index contributed by atoms with van der Waals surface area (Å²) in [6.07, 6.45) is 0.985. The van der Waals surface area contributed by atoms with E-state index in [1.54, 1.807) is 16.4 Å². The van der Waals surface area contributed by atoms with Crippen molar-refractivity contribution < 1.29 is 13.2 Å². The van der Waals surface area contributed by atoms with Crippen LogP contribution in [0.1, 0.15) is 16.7 Å². The zero-order chi connectivity index (χ0) is 19.4. The minimum atomic E-state index is -3.55. The van der Waals surface area contributed by atoms with Gasteiger partial charge in [-0.1, -0.05) is 30.3 Å². The minimum Gasteiger partial charge on any atom is -0.495 e. The molecule has 0 bridgehead atoms. The SMILES string of the molecule is COc1cc(C)c(C)cc1S(=O)(=O)N1CCN(CCc2ccccc2)CC1. The van der Waals surface area contributed by atoms with Gasteiger partial charge in [0.1, 0.15) is 10.6 Å². The average Bonchev–Trinajstić information content (AvgIpc) is 2.69. The second-order valence-electron chi connectivity index (χ2n) is 7.07. The maximum Gasteiger partial charge on any atom is 0.246 e. The van der Waals surface area contributed by atoms with Crippen molar-refractivity contribution in [1.82, 2.24) is 9.21 Å². The maximum absolute atomic E-state index is 13.1. The van der Waals surface area contributed by atoms with Crippen molar-refractivity contribution >= 4 is 10.0 Å². The summed E-state index contributed by atoms with van der Waals surface area (Å²) in [5.41, 5.74) is 3.29. The van der Waals surface area contributed by atoms with Gasteiger partial charge in [0.25, 0.3) is 0 Å². The molecule has 0 aliphatic carbocycles. The molecule has 5 nitrogen and oxygen atoms in total. The van der Waals surface area contributed by atoms with Crippen LogP contribution in [-0.2, 0) is 16.4 Å². The first-order chi connectivity index (χ1) is 12.9. The van der Waals surface area contributed by atoms with Crippen LogP contribution in [0.5, 0.6) is 5.75 Å². The number of hydrogen-bond donors (Lipinski definition) is 0. The Bertz CT molecular complexity index is 874.